The van der Waals surface area contributed by atoms with Crippen LogP contribution < -0.4 is 10.1 Å². The number of nitrogens with one attached hydrogen (secondary N) is 1. The molecule has 3 rings (SSSR count). The molecule has 0 aromatic heterocycles. The minimum absolute atomic E-state index is 0.0150. The van der Waals surface area contributed by atoms with Crippen LogP contribution in [-0.4, -0.2) is 22.3 Å². The second kappa shape index (κ2) is 9.18. The van der Waals surface area contributed by atoms with Crippen LogP contribution in [0.1, 0.15) is 44.4 Å². The first-order chi connectivity index (χ1) is 13.9. The Morgan fingerprint density at radius 1 is 1.24 bits per heavy atom. The fraction of sp³-hybridized carbons (Fsp3) is 0.304. The number of halogens is 1. The number of allylic oxidation sites excluding steroid dienone is 1. The van der Waals surface area contributed by atoms with E-state index in [2.05, 4.69) is 12.2 Å². The number of thiocarbonyl (C=S) groups is 1. The van der Waals surface area contributed by atoms with E-state index in [1.807, 2.05) is 36.1 Å². The van der Waals surface area contributed by atoms with Gasteiger partial charge in [-0.25, -0.2) is 4.39 Å². The molecule has 4 nitrogen and oxygen atoms in total. The molecule has 0 spiro atoms. The molecule has 2 aromatic carbocycles. The zero-order valence-electron chi connectivity index (χ0n) is 16.9. The minimum atomic E-state index is -0.317. The number of ketones is 1. The lowest BCUT2D eigenvalue weighted by atomic mass is 9.92. The minimum Gasteiger partial charge on any atom is -0.489 e. The molecule has 1 atom stereocenters. The fourth-order valence-corrected chi connectivity index (χ4v) is 3.86. The van der Waals surface area contributed by atoms with E-state index in [9.17, 15) is 9.18 Å². The van der Waals surface area contributed by atoms with E-state index in [-0.39, 0.29) is 17.6 Å². The van der Waals surface area contributed by atoms with Crippen LogP contribution in [0.4, 0.5) is 4.39 Å². The molecule has 152 valence electrons. The van der Waals surface area contributed by atoms with Crippen molar-refractivity contribution in [3.63, 3.8) is 0 Å². The summed E-state index contributed by atoms with van der Waals surface area (Å²) in [5.74, 6) is 0.420. The van der Waals surface area contributed by atoms with Crippen LogP contribution in [0.2, 0.25) is 0 Å². The first-order valence-electron chi connectivity index (χ1n) is 9.67. The molecule has 1 unspecified atom stereocenters. The number of hydrogen-bond donors (Lipinski definition) is 1. The molecule has 29 heavy (non-hydrogen) atoms. The largest absolute Gasteiger partial charge is 0.489 e. The monoisotopic (exact) mass is 412 g/mol. The van der Waals surface area contributed by atoms with E-state index in [1.165, 1.54) is 12.1 Å². The summed E-state index contributed by atoms with van der Waals surface area (Å²) in [4.78, 5) is 14.4. The van der Waals surface area contributed by atoms with Gasteiger partial charge < -0.3 is 15.0 Å². The number of nitrogens with zero attached hydrogens (tertiary/aromatic N) is 1. The highest BCUT2D eigenvalue weighted by Gasteiger charge is 2.31. The highest BCUT2D eigenvalue weighted by Crippen LogP contribution is 2.32. The molecule has 1 aliphatic heterocycles. The molecule has 0 saturated heterocycles. The summed E-state index contributed by atoms with van der Waals surface area (Å²) in [7, 11) is 0. The predicted octanol–water partition coefficient (Wildman–Crippen LogP) is 4.91. The van der Waals surface area contributed by atoms with Crippen molar-refractivity contribution < 1.29 is 13.9 Å². The lowest BCUT2D eigenvalue weighted by Gasteiger charge is -2.37. The van der Waals surface area contributed by atoms with Crippen molar-refractivity contribution in [1.82, 2.24) is 10.2 Å². The topological polar surface area (TPSA) is 41.6 Å². The average molecular weight is 413 g/mol. The van der Waals surface area contributed by atoms with Crippen LogP contribution in [0, 0.1) is 5.82 Å². The van der Waals surface area contributed by atoms with Gasteiger partial charge in [-0.3, -0.25) is 4.79 Å². The SMILES string of the molecule is CCCN1C(=S)NC(c2cccc(OCc3ccc(F)cc3)c2)C(C(C)=O)=C1C. The summed E-state index contributed by atoms with van der Waals surface area (Å²) in [5, 5.41) is 3.94. The Labute approximate surface area is 176 Å². The molecule has 0 aliphatic carbocycles. The second-order valence-electron chi connectivity index (χ2n) is 7.08. The third-order valence-corrected chi connectivity index (χ3v) is 5.27. The fourth-order valence-electron chi connectivity index (χ4n) is 3.51. The molecule has 0 bridgehead atoms. The van der Waals surface area contributed by atoms with E-state index in [0.717, 1.165) is 29.8 Å². The van der Waals surface area contributed by atoms with Crippen molar-refractivity contribution in [2.24, 2.45) is 0 Å². The van der Waals surface area contributed by atoms with Crippen LogP contribution >= 0.6 is 12.2 Å². The maximum absolute atomic E-state index is 13.1. The smallest absolute Gasteiger partial charge is 0.173 e. The Morgan fingerprint density at radius 2 is 1.97 bits per heavy atom. The lowest BCUT2D eigenvalue weighted by Crippen LogP contribution is -2.47. The Kier molecular flexibility index (Phi) is 6.64. The summed E-state index contributed by atoms with van der Waals surface area (Å²) < 4.78 is 18.9. The van der Waals surface area contributed by atoms with Gasteiger partial charge in [0.1, 0.15) is 18.2 Å². The lowest BCUT2D eigenvalue weighted by molar-refractivity contribution is -0.114. The quantitative estimate of drug-likeness (QED) is 0.655. The van der Waals surface area contributed by atoms with Crippen LogP contribution in [0.15, 0.2) is 59.8 Å². The number of Topliss-reactive ketones (excluding diaryl/α,β-unsaturated/α-hetero) is 1. The number of carbonyl (C=O) groups is 1. The molecule has 0 radical (unpaired) electrons. The maximum atomic E-state index is 13.1. The molecule has 0 amide bonds. The number of hydrogen-bond acceptors (Lipinski definition) is 3. The zero-order chi connectivity index (χ0) is 21.0. The van der Waals surface area contributed by atoms with Crippen molar-refractivity contribution in [2.45, 2.75) is 39.8 Å². The molecule has 1 N–H and O–H groups in total. The Hall–Kier alpha value is -2.73. The van der Waals surface area contributed by atoms with Gasteiger partial charge in [0, 0.05) is 17.8 Å². The van der Waals surface area contributed by atoms with Crippen LogP contribution in [-0.2, 0) is 11.4 Å². The van der Waals surface area contributed by atoms with Crippen LogP contribution in [0.3, 0.4) is 0 Å². The van der Waals surface area contributed by atoms with E-state index in [4.69, 9.17) is 17.0 Å². The van der Waals surface area contributed by atoms with E-state index < -0.39 is 0 Å². The summed E-state index contributed by atoms with van der Waals surface area (Å²) in [6, 6.07) is 13.5. The Morgan fingerprint density at radius 3 is 2.62 bits per heavy atom. The van der Waals surface area contributed by atoms with Gasteiger partial charge in [-0.1, -0.05) is 31.2 Å². The first kappa shape index (κ1) is 21.0. The Bertz CT molecular complexity index is 940. The van der Waals surface area contributed by atoms with E-state index in [0.29, 0.717) is 23.0 Å². The third-order valence-electron chi connectivity index (χ3n) is 4.93. The standard InChI is InChI=1S/C23H25FN2O2S/c1-4-12-26-15(2)21(16(3)27)22(25-23(26)29)18-6-5-7-20(13-18)28-14-17-8-10-19(24)11-9-17/h5-11,13,22H,4,12,14H2,1-3H3,(H,25,29). The molecule has 1 aliphatic rings. The number of carbonyl (C=O) groups excluding carboxylic acids is 1. The number of ether oxygens (including phenoxy) is 1. The third kappa shape index (κ3) is 4.82. The van der Waals surface area contributed by atoms with Gasteiger partial charge in [0.05, 0.1) is 6.04 Å². The normalized spacial score (nSPS) is 16.6. The maximum Gasteiger partial charge on any atom is 0.173 e. The zero-order valence-corrected chi connectivity index (χ0v) is 17.7. The van der Waals surface area contributed by atoms with Crippen LogP contribution in [0.5, 0.6) is 5.75 Å². The average Bonchev–Trinajstić information content (AvgIpc) is 2.70. The second-order valence-corrected chi connectivity index (χ2v) is 7.46. The first-order valence-corrected chi connectivity index (χ1v) is 10.1. The molecule has 0 fully saturated rings. The molecular weight excluding hydrogens is 387 g/mol. The number of benzene rings is 2. The van der Waals surface area contributed by atoms with Gasteiger partial charge in [0.25, 0.3) is 0 Å². The van der Waals surface area contributed by atoms with Crippen molar-refractivity contribution in [3.05, 3.63) is 76.7 Å². The summed E-state index contributed by atoms with van der Waals surface area (Å²) in [5.41, 5.74) is 3.39. The number of rotatable bonds is 7. The van der Waals surface area contributed by atoms with Crippen LogP contribution in [0.25, 0.3) is 0 Å². The summed E-state index contributed by atoms with van der Waals surface area (Å²) in [6.45, 7) is 6.71. The van der Waals surface area contributed by atoms with Crippen molar-refractivity contribution in [1.29, 1.82) is 0 Å². The molecule has 2 aromatic rings. The van der Waals surface area contributed by atoms with Gasteiger partial charge >= 0.3 is 0 Å². The molecular formula is C23H25FN2O2S. The van der Waals surface area contributed by atoms with Crippen molar-refractivity contribution >= 4 is 23.1 Å². The molecule has 1 heterocycles. The van der Waals surface area contributed by atoms with Gasteiger partial charge in [-0.05, 0) is 67.9 Å². The van der Waals surface area contributed by atoms with Gasteiger partial charge in [-0.15, -0.1) is 0 Å². The highest BCUT2D eigenvalue weighted by molar-refractivity contribution is 7.80. The predicted molar refractivity (Wildman–Crippen MR) is 116 cm³/mol. The molecule has 0 saturated carbocycles. The molecule has 6 heteroatoms. The van der Waals surface area contributed by atoms with Gasteiger partial charge in [0.15, 0.2) is 10.9 Å². The van der Waals surface area contributed by atoms with Crippen molar-refractivity contribution in [3.8, 4) is 5.75 Å². The Balaban J connectivity index is 1.85. The van der Waals surface area contributed by atoms with E-state index in [1.54, 1.807) is 19.1 Å². The van der Waals surface area contributed by atoms with Crippen molar-refractivity contribution in [2.75, 3.05) is 6.54 Å². The highest BCUT2D eigenvalue weighted by atomic mass is 32.1. The van der Waals surface area contributed by atoms with Gasteiger partial charge in [0.2, 0.25) is 0 Å². The summed E-state index contributed by atoms with van der Waals surface area (Å²) >= 11 is 5.55. The summed E-state index contributed by atoms with van der Waals surface area (Å²) in [6.07, 6.45) is 0.932. The van der Waals surface area contributed by atoms with E-state index >= 15 is 0 Å². The van der Waals surface area contributed by atoms with Gasteiger partial charge in [-0.2, -0.15) is 0 Å².